The summed E-state index contributed by atoms with van der Waals surface area (Å²) in [6, 6.07) is 5.84. The lowest BCUT2D eigenvalue weighted by Gasteiger charge is -2.28. The largest absolute Gasteiger partial charge is 0.495 e. The first-order chi connectivity index (χ1) is 12.1. The number of carbonyl (C=O) groups is 1. The van der Waals surface area contributed by atoms with Crippen molar-refractivity contribution in [1.29, 1.82) is 0 Å². The Bertz CT molecular complexity index is 674. The molecule has 1 saturated heterocycles. The second-order valence-electron chi connectivity index (χ2n) is 7.69. The van der Waals surface area contributed by atoms with E-state index in [0.717, 1.165) is 43.8 Å². The Morgan fingerprint density at radius 1 is 1.26 bits per heavy atom. The van der Waals surface area contributed by atoms with Crippen molar-refractivity contribution in [2.24, 2.45) is 23.5 Å². The van der Waals surface area contributed by atoms with Gasteiger partial charge in [0.05, 0.1) is 18.7 Å². The van der Waals surface area contributed by atoms with Crippen LogP contribution in [0.5, 0.6) is 5.75 Å². The molecule has 2 saturated carbocycles. The highest BCUT2D eigenvalue weighted by molar-refractivity contribution is 6.30. The minimum atomic E-state index is 0. The van der Waals surface area contributed by atoms with E-state index in [-0.39, 0.29) is 48.7 Å². The predicted octanol–water partition coefficient (Wildman–Crippen LogP) is 3.26. The lowest BCUT2D eigenvalue weighted by molar-refractivity contribution is -0.127. The van der Waals surface area contributed by atoms with Crippen molar-refractivity contribution in [3.8, 4) is 5.75 Å². The van der Waals surface area contributed by atoms with Gasteiger partial charge in [0, 0.05) is 30.2 Å². The molecule has 1 aromatic rings. The first-order valence-corrected chi connectivity index (χ1v) is 9.59. The van der Waals surface area contributed by atoms with Crippen LogP contribution in [0.2, 0.25) is 5.02 Å². The van der Waals surface area contributed by atoms with Crippen LogP contribution in [0.3, 0.4) is 0 Å². The highest BCUT2D eigenvalue weighted by atomic mass is 35.5. The third kappa shape index (κ3) is 4.26. The van der Waals surface area contributed by atoms with Crippen LogP contribution in [0, 0.1) is 17.8 Å². The van der Waals surface area contributed by atoms with Crippen molar-refractivity contribution >= 4 is 48.0 Å². The van der Waals surface area contributed by atoms with Crippen molar-refractivity contribution in [2.45, 2.75) is 37.8 Å². The summed E-state index contributed by atoms with van der Waals surface area (Å²) in [5, 5.41) is 3.94. The number of hydrogen-bond donors (Lipinski definition) is 2. The minimum absolute atomic E-state index is 0. The zero-order chi connectivity index (χ0) is 17.6. The number of fused-ring (bicyclic) bond motifs is 2. The molecule has 3 fully saturated rings. The number of benzene rings is 1. The van der Waals surface area contributed by atoms with Gasteiger partial charge in [-0.25, -0.2) is 0 Å². The molecule has 5 nitrogen and oxygen atoms in total. The number of nitrogens with two attached hydrogens (primary N) is 1. The minimum Gasteiger partial charge on any atom is -0.495 e. The van der Waals surface area contributed by atoms with Gasteiger partial charge in [-0.3, -0.25) is 4.79 Å². The molecule has 0 radical (unpaired) electrons. The molecule has 0 spiro atoms. The second-order valence-corrected chi connectivity index (χ2v) is 8.13. The molecule has 27 heavy (non-hydrogen) atoms. The topological polar surface area (TPSA) is 67.6 Å². The van der Waals surface area contributed by atoms with Crippen LogP contribution in [-0.4, -0.2) is 38.2 Å². The first-order valence-electron chi connectivity index (χ1n) is 9.21. The van der Waals surface area contributed by atoms with E-state index in [1.807, 2.05) is 18.2 Å². The third-order valence-corrected chi connectivity index (χ3v) is 6.53. The monoisotopic (exact) mass is 435 g/mol. The number of rotatable bonds is 4. The maximum absolute atomic E-state index is 12.8. The smallest absolute Gasteiger partial charge is 0.225 e. The van der Waals surface area contributed by atoms with E-state index in [1.165, 1.54) is 6.42 Å². The summed E-state index contributed by atoms with van der Waals surface area (Å²) in [6.07, 6.45) is 4.42. The Labute approximate surface area is 178 Å². The van der Waals surface area contributed by atoms with E-state index in [0.29, 0.717) is 16.9 Å². The molecule has 8 heteroatoms. The fourth-order valence-electron chi connectivity index (χ4n) is 5.03. The number of nitrogens with one attached hydrogen (secondary N) is 1. The number of amides is 1. The maximum atomic E-state index is 12.8. The van der Waals surface area contributed by atoms with Crippen molar-refractivity contribution in [3.05, 3.63) is 23.2 Å². The fraction of sp³-hybridized carbons (Fsp3) is 0.632. The number of ether oxygens (including phenoxy) is 1. The van der Waals surface area contributed by atoms with Gasteiger partial charge in [-0.1, -0.05) is 11.6 Å². The molecule has 5 atom stereocenters. The third-order valence-electron chi connectivity index (χ3n) is 6.30. The molecule has 0 aromatic heterocycles. The number of methoxy groups -OCH3 is 1. The molecule has 1 aromatic carbocycles. The summed E-state index contributed by atoms with van der Waals surface area (Å²) in [5.41, 5.74) is 7.30. The molecule has 1 heterocycles. The quantitative estimate of drug-likeness (QED) is 0.760. The molecule has 3 N–H and O–H groups in total. The lowest BCUT2D eigenvalue weighted by Crippen LogP contribution is -2.48. The van der Waals surface area contributed by atoms with Crippen LogP contribution in [0.4, 0.5) is 5.69 Å². The molecule has 3 aliphatic rings. The molecule has 1 aliphatic heterocycles. The van der Waals surface area contributed by atoms with Crippen LogP contribution < -0.4 is 20.7 Å². The Kier molecular flexibility index (Phi) is 7.54. The van der Waals surface area contributed by atoms with Gasteiger partial charge in [0.25, 0.3) is 0 Å². The van der Waals surface area contributed by atoms with E-state index < -0.39 is 0 Å². The molecular formula is C19H28Cl3N3O2. The van der Waals surface area contributed by atoms with E-state index >= 15 is 0 Å². The summed E-state index contributed by atoms with van der Waals surface area (Å²) in [7, 11) is 1.67. The van der Waals surface area contributed by atoms with E-state index in [9.17, 15) is 4.79 Å². The summed E-state index contributed by atoms with van der Waals surface area (Å²) in [4.78, 5) is 15.0. The van der Waals surface area contributed by atoms with E-state index in [4.69, 9.17) is 22.1 Å². The number of carbonyl (C=O) groups excluding carboxylic acids is 1. The average molecular weight is 437 g/mol. The Balaban J connectivity index is 0.00000131. The summed E-state index contributed by atoms with van der Waals surface area (Å²) >= 11 is 6.15. The highest BCUT2D eigenvalue weighted by Crippen LogP contribution is 2.47. The van der Waals surface area contributed by atoms with Crippen LogP contribution >= 0.6 is 36.4 Å². The zero-order valence-corrected chi connectivity index (χ0v) is 17.8. The van der Waals surface area contributed by atoms with Crippen LogP contribution in [0.15, 0.2) is 18.2 Å². The molecule has 152 valence electrons. The standard InChI is InChI=1S/C19H26ClN3O2.2ClH/c1-25-16-5-4-13(20)9-15(16)23-7-6-14(10-23)22-19(24)17-11-2-3-12(8-11)18(17)21;;/h4-5,9,11-12,14,17-18H,2-3,6-8,10,21H2,1H3,(H,22,24);2*1H. The van der Waals surface area contributed by atoms with Gasteiger partial charge < -0.3 is 20.7 Å². The maximum Gasteiger partial charge on any atom is 0.225 e. The number of anilines is 1. The van der Waals surface area contributed by atoms with Crippen molar-refractivity contribution < 1.29 is 9.53 Å². The van der Waals surface area contributed by atoms with Gasteiger partial charge in [-0.05, 0) is 55.7 Å². The van der Waals surface area contributed by atoms with E-state index in [1.54, 1.807) is 7.11 Å². The summed E-state index contributed by atoms with van der Waals surface area (Å²) in [6.45, 7) is 1.66. The van der Waals surface area contributed by atoms with Gasteiger partial charge in [0.15, 0.2) is 0 Å². The van der Waals surface area contributed by atoms with E-state index in [2.05, 4.69) is 10.2 Å². The Hall–Kier alpha value is -0.880. The predicted molar refractivity (Wildman–Crippen MR) is 114 cm³/mol. The van der Waals surface area contributed by atoms with Gasteiger partial charge in [-0.15, -0.1) is 24.8 Å². The highest BCUT2D eigenvalue weighted by Gasteiger charge is 2.49. The molecule has 5 unspecified atom stereocenters. The Morgan fingerprint density at radius 3 is 2.67 bits per heavy atom. The normalized spacial score (nSPS) is 31.2. The number of hydrogen-bond acceptors (Lipinski definition) is 4. The molecule has 2 aliphatic carbocycles. The molecule has 2 bridgehead atoms. The van der Waals surface area contributed by atoms with Crippen LogP contribution in [-0.2, 0) is 4.79 Å². The fourth-order valence-corrected chi connectivity index (χ4v) is 5.20. The lowest BCUT2D eigenvalue weighted by atomic mass is 9.84. The summed E-state index contributed by atoms with van der Waals surface area (Å²) in [5.74, 6) is 2.02. The zero-order valence-electron chi connectivity index (χ0n) is 15.4. The van der Waals surface area contributed by atoms with Crippen molar-refractivity contribution in [3.63, 3.8) is 0 Å². The number of halogens is 3. The average Bonchev–Trinajstić information content (AvgIpc) is 3.30. The van der Waals surface area contributed by atoms with Gasteiger partial charge in [0.1, 0.15) is 5.75 Å². The van der Waals surface area contributed by atoms with Gasteiger partial charge in [0.2, 0.25) is 5.91 Å². The van der Waals surface area contributed by atoms with Crippen molar-refractivity contribution in [2.75, 3.05) is 25.1 Å². The second kappa shape index (κ2) is 9.08. The molecule has 4 rings (SSSR count). The number of nitrogens with zero attached hydrogens (tertiary/aromatic N) is 1. The van der Waals surface area contributed by atoms with Crippen LogP contribution in [0.25, 0.3) is 0 Å². The summed E-state index contributed by atoms with van der Waals surface area (Å²) < 4.78 is 5.45. The first kappa shape index (κ1) is 22.4. The van der Waals surface area contributed by atoms with Crippen molar-refractivity contribution in [1.82, 2.24) is 5.32 Å². The van der Waals surface area contributed by atoms with Gasteiger partial charge >= 0.3 is 0 Å². The van der Waals surface area contributed by atoms with Gasteiger partial charge in [-0.2, -0.15) is 0 Å². The SMILES string of the molecule is COc1ccc(Cl)cc1N1CCC(NC(=O)C2C3CCC(C3)C2N)C1.Cl.Cl. The molecular weight excluding hydrogens is 409 g/mol. The molecule has 1 amide bonds. The van der Waals surface area contributed by atoms with Crippen LogP contribution in [0.1, 0.15) is 25.7 Å². The Morgan fingerprint density at radius 2 is 2.00 bits per heavy atom.